The van der Waals surface area contributed by atoms with Gasteiger partial charge in [-0.2, -0.15) is 0 Å². The number of nitrogens with zero attached hydrogens (tertiary/aromatic N) is 1. The molecule has 4 atom stereocenters. The van der Waals surface area contributed by atoms with Crippen LogP contribution in [0, 0.1) is 22.7 Å². The summed E-state index contributed by atoms with van der Waals surface area (Å²) in [6.07, 6.45) is 14.2. The molecule has 2 unspecified atom stereocenters. The largest absolute Gasteiger partial charge is 0.469 e. The molecule has 0 aliphatic heterocycles. The summed E-state index contributed by atoms with van der Waals surface area (Å²) < 4.78 is 11.3. The number of methoxy groups -OCH3 is 1. The third-order valence-electron chi connectivity index (χ3n) is 9.23. The highest BCUT2D eigenvalue weighted by molar-refractivity contribution is 5.77. The SMILES string of the molecule is C=C1CCC2C(C)(C(=O)OC)CCC[C@]2(C)[C@H]1CCc1ccoc1CN(CCCC)CCCC. The Morgan fingerprint density at radius 2 is 1.91 bits per heavy atom. The van der Waals surface area contributed by atoms with Crippen LogP contribution >= 0.6 is 0 Å². The fraction of sp³-hybridized carbons (Fsp3) is 0.767. The fourth-order valence-corrected chi connectivity index (χ4v) is 7.22. The number of fused-ring (bicyclic) bond motifs is 1. The van der Waals surface area contributed by atoms with E-state index < -0.39 is 0 Å². The van der Waals surface area contributed by atoms with E-state index in [4.69, 9.17) is 9.15 Å². The van der Waals surface area contributed by atoms with Gasteiger partial charge in [-0.25, -0.2) is 0 Å². The molecule has 0 saturated heterocycles. The second-order valence-electron chi connectivity index (χ2n) is 11.5. The standard InChI is InChI=1S/C30H49NO3/c1-7-9-19-31(20-10-8-2)22-26-24(16-21-34-26)13-14-25-23(3)12-15-27-29(25,4)17-11-18-30(27,5)28(32)33-6/h16,21,25,27H,3,7-15,17-20,22H2,1-2,4-6H3/t25-,27?,29+,30?/m0/s1. The molecule has 1 aromatic rings. The first-order valence-corrected chi connectivity index (χ1v) is 13.8. The summed E-state index contributed by atoms with van der Waals surface area (Å²) in [6.45, 7) is 16.8. The van der Waals surface area contributed by atoms with Crippen LogP contribution in [0.25, 0.3) is 0 Å². The molecule has 1 heterocycles. The van der Waals surface area contributed by atoms with Gasteiger partial charge in [-0.3, -0.25) is 9.69 Å². The van der Waals surface area contributed by atoms with Gasteiger partial charge in [0.1, 0.15) is 5.76 Å². The van der Waals surface area contributed by atoms with Crippen molar-refractivity contribution in [3.63, 3.8) is 0 Å². The third-order valence-corrected chi connectivity index (χ3v) is 9.23. The first kappa shape index (κ1) is 27.0. The van der Waals surface area contributed by atoms with Gasteiger partial charge in [0.2, 0.25) is 0 Å². The van der Waals surface area contributed by atoms with Crippen molar-refractivity contribution in [3.05, 3.63) is 35.8 Å². The van der Waals surface area contributed by atoms with Crippen molar-refractivity contribution in [3.8, 4) is 0 Å². The van der Waals surface area contributed by atoms with Crippen LogP contribution in [0.1, 0.15) is 103 Å². The Labute approximate surface area is 208 Å². The van der Waals surface area contributed by atoms with E-state index in [1.807, 2.05) is 6.26 Å². The summed E-state index contributed by atoms with van der Waals surface area (Å²) in [4.78, 5) is 15.4. The zero-order chi connectivity index (χ0) is 24.8. The third kappa shape index (κ3) is 5.64. The molecule has 4 heteroatoms. The maximum atomic E-state index is 12.9. The first-order chi connectivity index (χ1) is 16.3. The molecule has 2 aliphatic rings. The van der Waals surface area contributed by atoms with Crippen LogP contribution in [-0.4, -0.2) is 31.1 Å². The van der Waals surface area contributed by atoms with Crippen LogP contribution in [0.15, 0.2) is 28.9 Å². The Morgan fingerprint density at radius 3 is 2.56 bits per heavy atom. The number of unbranched alkanes of at least 4 members (excludes halogenated alkanes) is 2. The molecule has 2 saturated carbocycles. The lowest BCUT2D eigenvalue weighted by Crippen LogP contribution is -2.53. The van der Waals surface area contributed by atoms with Crippen molar-refractivity contribution < 1.29 is 13.9 Å². The molecular weight excluding hydrogens is 422 g/mol. The number of carbonyl (C=O) groups is 1. The molecule has 3 rings (SSSR count). The molecule has 0 spiro atoms. The van der Waals surface area contributed by atoms with Gasteiger partial charge in [0, 0.05) is 0 Å². The van der Waals surface area contributed by atoms with E-state index in [9.17, 15) is 4.79 Å². The molecule has 2 fully saturated rings. The lowest BCUT2D eigenvalue weighted by atomic mass is 9.46. The van der Waals surface area contributed by atoms with Crippen LogP contribution in [0.2, 0.25) is 0 Å². The quantitative estimate of drug-likeness (QED) is 0.233. The molecule has 0 aromatic carbocycles. The predicted molar refractivity (Wildman–Crippen MR) is 140 cm³/mol. The molecular formula is C30H49NO3. The molecule has 192 valence electrons. The molecule has 2 aliphatic carbocycles. The molecule has 4 nitrogen and oxygen atoms in total. The second kappa shape index (κ2) is 11.9. The van der Waals surface area contributed by atoms with E-state index in [2.05, 4.69) is 45.2 Å². The van der Waals surface area contributed by atoms with Gasteiger partial charge in [-0.1, -0.05) is 52.2 Å². The van der Waals surface area contributed by atoms with Crippen molar-refractivity contribution in [2.24, 2.45) is 22.7 Å². The van der Waals surface area contributed by atoms with Gasteiger partial charge < -0.3 is 9.15 Å². The van der Waals surface area contributed by atoms with Gasteiger partial charge >= 0.3 is 5.97 Å². The molecule has 0 amide bonds. The molecule has 34 heavy (non-hydrogen) atoms. The monoisotopic (exact) mass is 471 g/mol. The maximum Gasteiger partial charge on any atom is 0.311 e. The number of carbonyl (C=O) groups excluding carboxylic acids is 1. The summed E-state index contributed by atoms with van der Waals surface area (Å²) >= 11 is 0. The van der Waals surface area contributed by atoms with Gasteiger partial charge in [-0.05, 0) is 100 Å². The van der Waals surface area contributed by atoms with Crippen LogP contribution in [0.5, 0.6) is 0 Å². The highest BCUT2D eigenvalue weighted by atomic mass is 16.5. The lowest BCUT2D eigenvalue weighted by molar-refractivity contribution is -0.168. The Morgan fingerprint density at radius 1 is 1.21 bits per heavy atom. The minimum atomic E-state index is -0.374. The number of rotatable bonds is 12. The number of aryl methyl sites for hydroxylation is 1. The predicted octanol–water partition coefficient (Wildman–Crippen LogP) is 7.57. The summed E-state index contributed by atoms with van der Waals surface area (Å²) in [5.41, 5.74) is 2.46. The topological polar surface area (TPSA) is 42.7 Å². The van der Waals surface area contributed by atoms with E-state index in [0.717, 1.165) is 63.9 Å². The minimum absolute atomic E-state index is 0.0222. The molecule has 0 N–H and O–H groups in total. The van der Waals surface area contributed by atoms with Crippen LogP contribution in [-0.2, 0) is 22.5 Å². The van der Waals surface area contributed by atoms with Crippen molar-refractivity contribution >= 4 is 5.97 Å². The van der Waals surface area contributed by atoms with Gasteiger partial charge in [-0.15, -0.1) is 0 Å². The van der Waals surface area contributed by atoms with Crippen molar-refractivity contribution in [2.75, 3.05) is 20.2 Å². The Bertz CT molecular complexity index is 806. The van der Waals surface area contributed by atoms with Crippen LogP contribution in [0.3, 0.4) is 0 Å². The summed E-state index contributed by atoms with van der Waals surface area (Å²) in [5.74, 6) is 1.91. The summed E-state index contributed by atoms with van der Waals surface area (Å²) in [5, 5.41) is 0. The number of ether oxygens (including phenoxy) is 1. The minimum Gasteiger partial charge on any atom is -0.469 e. The van der Waals surface area contributed by atoms with Gasteiger partial charge in [0.05, 0.1) is 25.3 Å². The Kier molecular flexibility index (Phi) is 9.49. The number of furan rings is 1. The zero-order valence-electron chi connectivity index (χ0n) is 22.6. The molecule has 0 radical (unpaired) electrons. The maximum absolute atomic E-state index is 12.9. The van der Waals surface area contributed by atoms with Gasteiger partial charge in [0.15, 0.2) is 0 Å². The fourth-order valence-electron chi connectivity index (χ4n) is 7.22. The lowest BCUT2D eigenvalue weighted by Gasteiger charge is -2.57. The van der Waals surface area contributed by atoms with E-state index in [1.54, 1.807) is 7.11 Å². The van der Waals surface area contributed by atoms with E-state index in [-0.39, 0.29) is 16.8 Å². The zero-order valence-corrected chi connectivity index (χ0v) is 22.6. The average molecular weight is 472 g/mol. The van der Waals surface area contributed by atoms with Crippen LogP contribution in [0.4, 0.5) is 0 Å². The number of hydrogen-bond acceptors (Lipinski definition) is 4. The normalized spacial score (nSPS) is 29.3. The van der Waals surface area contributed by atoms with Crippen molar-refractivity contribution in [1.82, 2.24) is 4.90 Å². The van der Waals surface area contributed by atoms with E-state index in [0.29, 0.717) is 11.8 Å². The summed E-state index contributed by atoms with van der Waals surface area (Å²) in [7, 11) is 1.55. The molecule has 0 bridgehead atoms. The molecule has 1 aromatic heterocycles. The highest BCUT2D eigenvalue weighted by Crippen LogP contribution is 2.62. The Balaban J connectivity index is 1.73. The highest BCUT2D eigenvalue weighted by Gasteiger charge is 2.57. The van der Waals surface area contributed by atoms with E-state index in [1.165, 1.54) is 43.2 Å². The first-order valence-electron chi connectivity index (χ1n) is 13.8. The average Bonchev–Trinajstić information content (AvgIpc) is 3.26. The number of allylic oxidation sites excluding steroid dienone is 1. The van der Waals surface area contributed by atoms with Gasteiger partial charge in [0.25, 0.3) is 0 Å². The Hall–Kier alpha value is -1.55. The summed E-state index contributed by atoms with van der Waals surface area (Å²) in [6, 6.07) is 2.18. The van der Waals surface area contributed by atoms with E-state index >= 15 is 0 Å². The van der Waals surface area contributed by atoms with Crippen molar-refractivity contribution in [1.29, 1.82) is 0 Å². The van der Waals surface area contributed by atoms with Crippen molar-refractivity contribution in [2.45, 2.75) is 105 Å². The smallest absolute Gasteiger partial charge is 0.311 e. The number of esters is 1. The van der Waals surface area contributed by atoms with Crippen LogP contribution < -0.4 is 0 Å². The second-order valence-corrected chi connectivity index (χ2v) is 11.5. The number of hydrogen-bond donors (Lipinski definition) is 0.